The third kappa shape index (κ3) is 6.18. The lowest BCUT2D eigenvalue weighted by molar-refractivity contribution is -0.244. The monoisotopic (exact) mass is 794 g/mol. The van der Waals surface area contributed by atoms with Crippen LogP contribution in [-0.4, -0.2) is 104 Å². The number of carbonyl (C=O) groups excluding carboxylic acids is 4. The van der Waals surface area contributed by atoms with E-state index in [1.165, 1.54) is 19.1 Å². The second-order valence-corrected chi connectivity index (χ2v) is 16.7. The van der Waals surface area contributed by atoms with Crippen LogP contribution in [0.15, 0.2) is 39.3 Å². The number of carbonyl (C=O) groups is 4. The Morgan fingerprint density at radius 1 is 1.04 bits per heavy atom. The number of allylic oxidation sites excluding steroid dienone is 4. The number of aliphatic hydroxyl groups excluding tert-OH is 2. The number of Topliss-reactive ketones (excluding diaryl/α,β-unsaturated/α-hetero) is 2. The van der Waals surface area contributed by atoms with Crippen LogP contribution in [0.2, 0.25) is 0 Å². The van der Waals surface area contributed by atoms with Gasteiger partial charge < -0.3 is 33.9 Å². The molecule has 0 radical (unpaired) electrons. The molecule has 0 bridgehead atoms. The molecule has 306 valence electrons. The second-order valence-electron chi connectivity index (χ2n) is 16.7. The molecule has 18 heteroatoms. The summed E-state index contributed by atoms with van der Waals surface area (Å²) in [5.74, 6) is -7.43. The van der Waals surface area contributed by atoms with Gasteiger partial charge in [0.25, 0.3) is 5.56 Å². The lowest BCUT2D eigenvalue weighted by Gasteiger charge is -2.62. The van der Waals surface area contributed by atoms with Crippen molar-refractivity contribution in [2.24, 2.45) is 22.7 Å². The molecule has 7 unspecified atom stereocenters. The van der Waals surface area contributed by atoms with Crippen molar-refractivity contribution in [3.8, 4) is 0 Å². The Morgan fingerprint density at radius 3 is 2.50 bits per heavy atom. The summed E-state index contributed by atoms with van der Waals surface area (Å²) < 4.78 is 76.8. The van der Waals surface area contributed by atoms with E-state index in [1.807, 2.05) is 0 Å². The smallest absolute Gasteiger partial charge is 0.330 e. The van der Waals surface area contributed by atoms with Gasteiger partial charge in [-0.25, -0.2) is 13.6 Å². The van der Waals surface area contributed by atoms with Gasteiger partial charge in [-0.2, -0.15) is 4.39 Å². The van der Waals surface area contributed by atoms with Crippen molar-refractivity contribution in [1.29, 1.82) is 0 Å². The zero-order valence-electron chi connectivity index (χ0n) is 31.3. The van der Waals surface area contributed by atoms with Crippen molar-refractivity contribution in [3.63, 3.8) is 0 Å². The minimum atomic E-state index is -2.38. The number of esters is 1. The van der Waals surface area contributed by atoms with Crippen molar-refractivity contribution in [1.82, 2.24) is 9.55 Å². The normalized spacial score (nSPS) is 39.5. The molecule has 0 aromatic carbocycles. The summed E-state index contributed by atoms with van der Waals surface area (Å²) in [5.41, 5.74) is -9.21. The number of alkyl halides is 1. The average Bonchev–Trinajstić information content (AvgIpc) is 3.71. The lowest BCUT2D eigenvalue weighted by atomic mass is 9.45. The SMILES string of the molecule is CC1(C)O[C@@H]2CC3C4CC(F)=C5CC(=O)C=CC5(C)[C@@]4(F)[C@@H](O)CC3(C)[C@]2(C(=O)COC(=O)CCC(=O)COCC2OC(n3cc(F)c(=O)[nH]c3=O)CC2O)O1. The lowest BCUT2D eigenvalue weighted by Crippen LogP contribution is -2.70. The fourth-order valence-corrected chi connectivity index (χ4v) is 10.4. The van der Waals surface area contributed by atoms with Gasteiger partial charge in [-0.3, -0.25) is 33.5 Å². The van der Waals surface area contributed by atoms with E-state index in [4.69, 9.17) is 23.7 Å². The zero-order chi connectivity index (χ0) is 40.7. The molecule has 1 aromatic heterocycles. The molecule has 2 saturated heterocycles. The number of hydrogen-bond acceptors (Lipinski definition) is 13. The van der Waals surface area contributed by atoms with Gasteiger partial charge in [-0.05, 0) is 51.2 Å². The van der Waals surface area contributed by atoms with E-state index in [2.05, 4.69) is 0 Å². The highest BCUT2D eigenvalue weighted by molar-refractivity contribution is 5.94. The summed E-state index contributed by atoms with van der Waals surface area (Å²) in [6, 6.07) is 0. The van der Waals surface area contributed by atoms with Crippen molar-refractivity contribution in [2.75, 3.05) is 19.8 Å². The number of rotatable bonds is 11. The minimum absolute atomic E-state index is 0.0119. The molecule has 0 spiro atoms. The predicted molar refractivity (Wildman–Crippen MR) is 183 cm³/mol. The Labute approximate surface area is 318 Å². The number of nitrogens with zero attached hydrogens (tertiary/aromatic N) is 1. The molecule has 0 amide bonds. The maximum absolute atomic E-state index is 17.7. The summed E-state index contributed by atoms with van der Waals surface area (Å²) in [5, 5.41) is 22.0. The Bertz CT molecular complexity index is 2030. The molecule has 1 aromatic rings. The molecule has 4 aliphatic carbocycles. The van der Waals surface area contributed by atoms with E-state index in [-0.39, 0.29) is 56.5 Å². The van der Waals surface area contributed by atoms with Crippen LogP contribution in [-0.2, 0) is 42.9 Å². The van der Waals surface area contributed by atoms with E-state index in [0.717, 1.165) is 4.57 Å². The summed E-state index contributed by atoms with van der Waals surface area (Å²) in [6.07, 6.45) is -4.40. The molecule has 2 aliphatic heterocycles. The largest absolute Gasteiger partial charge is 0.458 e. The van der Waals surface area contributed by atoms with Gasteiger partial charge in [-0.1, -0.05) is 13.0 Å². The van der Waals surface area contributed by atoms with Crippen molar-refractivity contribution in [2.45, 2.75) is 120 Å². The number of ether oxygens (including phenoxy) is 5. The number of halogens is 3. The standard InChI is InChI=1S/C38H45F3N2O13/c1-34(2)55-29-11-20-21-10-23(39)22-9-18(44)7-8-35(22,3)37(21,41)27(47)13-36(20,4)38(29,56-34)28(48)17-53-31(49)6-5-19(45)15-52-16-26-25(46)12-30(54-26)43-14-24(40)32(50)42-33(43)51/h7-8,14,20-21,25-27,29-30,46-47H,5-6,9-13,15-17H2,1-4H3,(H,42,50,51)/t20?,21?,25?,26?,27-,29+,30?,35?,36?,37-,38+/m0/s1. The molecule has 7 rings (SSSR count). The van der Waals surface area contributed by atoms with E-state index in [0.29, 0.717) is 6.20 Å². The van der Waals surface area contributed by atoms with Gasteiger partial charge in [0.2, 0.25) is 11.6 Å². The number of aliphatic hydroxyl groups is 2. The van der Waals surface area contributed by atoms with E-state index >= 15 is 8.78 Å². The van der Waals surface area contributed by atoms with Gasteiger partial charge in [0.15, 0.2) is 35.2 Å². The molecular formula is C38H45F3N2O13. The highest BCUT2D eigenvalue weighted by atomic mass is 19.1. The molecule has 2 saturated carbocycles. The van der Waals surface area contributed by atoms with Crippen molar-refractivity contribution in [3.05, 3.63) is 56.4 Å². The van der Waals surface area contributed by atoms with Crippen LogP contribution in [0.5, 0.6) is 0 Å². The number of aromatic amines is 1. The zero-order valence-corrected chi connectivity index (χ0v) is 31.3. The first-order chi connectivity index (χ1) is 26.2. The summed E-state index contributed by atoms with van der Waals surface area (Å²) in [4.78, 5) is 77.0. The number of H-pyrrole nitrogens is 1. The minimum Gasteiger partial charge on any atom is -0.458 e. The number of hydrogen-bond donors (Lipinski definition) is 3. The third-order valence-electron chi connectivity index (χ3n) is 13.0. The quantitative estimate of drug-likeness (QED) is 0.274. The predicted octanol–water partition coefficient (Wildman–Crippen LogP) is 1.97. The maximum Gasteiger partial charge on any atom is 0.330 e. The summed E-state index contributed by atoms with van der Waals surface area (Å²) >= 11 is 0. The highest BCUT2D eigenvalue weighted by Crippen LogP contribution is 2.72. The average molecular weight is 795 g/mol. The number of fused-ring (bicyclic) bond motifs is 7. The molecular weight excluding hydrogens is 749 g/mol. The Hall–Kier alpha value is -3.81. The summed E-state index contributed by atoms with van der Waals surface area (Å²) in [7, 11) is 0. The van der Waals surface area contributed by atoms with Crippen LogP contribution in [0.1, 0.15) is 78.9 Å². The fraction of sp³-hybridized carbons (Fsp3) is 0.684. The van der Waals surface area contributed by atoms with Gasteiger partial charge in [0, 0.05) is 42.4 Å². The van der Waals surface area contributed by atoms with Crippen LogP contribution in [0.4, 0.5) is 13.2 Å². The van der Waals surface area contributed by atoms with E-state index in [9.17, 15) is 43.4 Å². The van der Waals surface area contributed by atoms with Crippen LogP contribution in [0.25, 0.3) is 0 Å². The molecule has 3 heterocycles. The molecule has 56 heavy (non-hydrogen) atoms. The first kappa shape index (κ1) is 40.4. The number of ketones is 3. The Balaban J connectivity index is 0.961. The van der Waals surface area contributed by atoms with E-state index < -0.39 is 130 Å². The van der Waals surface area contributed by atoms with Gasteiger partial charge in [-0.15, -0.1) is 0 Å². The molecule has 6 aliphatic rings. The van der Waals surface area contributed by atoms with Gasteiger partial charge >= 0.3 is 11.7 Å². The van der Waals surface area contributed by atoms with Crippen molar-refractivity contribution < 1.29 is 66.2 Å². The van der Waals surface area contributed by atoms with Crippen LogP contribution < -0.4 is 11.2 Å². The summed E-state index contributed by atoms with van der Waals surface area (Å²) in [6.45, 7) is 4.81. The van der Waals surface area contributed by atoms with Crippen molar-refractivity contribution >= 4 is 23.3 Å². The Morgan fingerprint density at radius 2 is 1.77 bits per heavy atom. The topological polar surface area (TPSA) is 210 Å². The highest BCUT2D eigenvalue weighted by Gasteiger charge is 2.80. The van der Waals surface area contributed by atoms with Crippen LogP contribution in [0, 0.1) is 28.5 Å². The maximum atomic E-state index is 17.7. The van der Waals surface area contributed by atoms with Gasteiger partial charge in [0.05, 0.1) is 37.5 Å². The van der Waals surface area contributed by atoms with E-state index in [1.54, 1.807) is 25.8 Å². The first-order valence-electron chi connectivity index (χ1n) is 18.6. The Kier molecular flexibility index (Phi) is 10.1. The van der Waals surface area contributed by atoms with Gasteiger partial charge in [0.1, 0.15) is 24.8 Å². The number of aromatic nitrogens is 2. The molecule has 4 fully saturated rings. The number of nitrogens with one attached hydrogen (secondary N) is 1. The first-order valence-corrected chi connectivity index (χ1v) is 18.6. The third-order valence-corrected chi connectivity index (χ3v) is 13.0. The van der Waals surface area contributed by atoms with Crippen LogP contribution in [0.3, 0.4) is 0 Å². The fourth-order valence-electron chi connectivity index (χ4n) is 10.4. The molecule has 3 N–H and O–H groups in total. The molecule has 15 nitrogen and oxygen atoms in total. The van der Waals surface area contributed by atoms with Crippen LogP contribution >= 0.6 is 0 Å². The second kappa shape index (κ2) is 13.9. The molecule has 11 atom stereocenters.